The third-order valence-electron chi connectivity index (χ3n) is 3.35. The summed E-state index contributed by atoms with van der Waals surface area (Å²) in [4.78, 5) is 16.6. The summed E-state index contributed by atoms with van der Waals surface area (Å²) in [5.74, 6) is 0.896. The lowest BCUT2D eigenvalue weighted by Crippen LogP contribution is -2.13. The summed E-state index contributed by atoms with van der Waals surface area (Å²) < 4.78 is 14.0. The predicted molar refractivity (Wildman–Crippen MR) is 92.3 cm³/mol. The van der Waals surface area contributed by atoms with Gasteiger partial charge in [0.2, 0.25) is 0 Å². The molecule has 0 aliphatic rings. The standard InChI is InChI=1S/C17H16N4O2S/c1-11-5-3-8-16(18-11)19-17(22)13-6-4-7-14(9-13)23-10-15-12(2)20-24-21-15/h3-9H,10H2,1-2H3,(H,18,19,22). The predicted octanol–water partition coefficient (Wildman–Crippen LogP) is 3.38. The molecule has 0 radical (unpaired) electrons. The van der Waals surface area contributed by atoms with Crippen molar-refractivity contribution in [2.75, 3.05) is 5.32 Å². The summed E-state index contributed by atoms with van der Waals surface area (Å²) in [6.45, 7) is 4.09. The highest BCUT2D eigenvalue weighted by molar-refractivity contribution is 6.99. The highest BCUT2D eigenvalue weighted by Crippen LogP contribution is 2.17. The van der Waals surface area contributed by atoms with Gasteiger partial charge < -0.3 is 10.1 Å². The zero-order chi connectivity index (χ0) is 16.9. The molecule has 2 heterocycles. The average molecular weight is 340 g/mol. The Morgan fingerprint density at radius 1 is 1.17 bits per heavy atom. The van der Waals surface area contributed by atoms with Crippen LogP contribution in [-0.4, -0.2) is 19.6 Å². The minimum absolute atomic E-state index is 0.231. The summed E-state index contributed by atoms with van der Waals surface area (Å²) in [5, 5.41) is 2.78. The number of amides is 1. The molecule has 0 fully saturated rings. The molecule has 0 aliphatic carbocycles. The van der Waals surface area contributed by atoms with Crippen molar-refractivity contribution in [1.82, 2.24) is 13.7 Å². The van der Waals surface area contributed by atoms with E-state index >= 15 is 0 Å². The normalized spacial score (nSPS) is 10.4. The number of aromatic nitrogens is 3. The second-order valence-electron chi connectivity index (χ2n) is 5.23. The second-order valence-corrected chi connectivity index (χ2v) is 5.76. The van der Waals surface area contributed by atoms with Crippen LogP contribution >= 0.6 is 11.7 Å². The van der Waals surface area contributed by atoms with Crippen LogP contribution < -0.4 is 10.1 Å². The minimum Gasteiger partial charge on any atom is -0.487 e. The Bertz CT molecular complexity index is 863. The maximum atomic E-state index is 12.3. The zero-order valence-electron chi connectivity index (χ0n) is 13.3. The number of nitrogens with zero attached hydrogens (tertiary/aromatic N) is 3. The molecule has 2 aromatic heterocycles. The third-order valence-corrected chi connectivity index (χ3v) is 4.01. The molecular weight excluding hydrogens is 324 g/mol. The topological polar surface area (TPSA) is 77.0 Å². The molecule has 0 spiro atoms. The number of anilines is 1. The van der Waals surface area contributed by atoms with Gasteiger partial charge in [-0.15, -0.1) is 0 Å². The number of nitrogens with one attached hydrogen (secondary N) is 1. The van der Waals surface area contributed by atoms with Gasteiger partial charge in [-0.1, -0.05) is 12.1 Å². The molecule has 6 nitrogen and oxygen atoms in total. The van der Waals surface area contributed by atoms with Gasteiger partial charge in [-0.3, -0.25) is 4.79 Å². The minimum atomic E-state index is -0.231. The van der Waals surface area contributed by atoms with E-state index in [1.807, 2.05) is 26.0 Å². The molecule has 0 saturated carbocycles. The van der Waals surface area contributed by atoms with Crippen molar-refractivity contribution in [2.24, 2.45) is 0 Å². The van der Waals surface area contributed by atoms with Crippen LogP contribution in [0.25, 0.3) is 0 Å². The first-order chi connectivity index (χ1) is 11.6. The number of carbonyl (C=O) groups excluding carboxylic acids is 1. The van der Waals surface area contributed by atoms with E-state index in [4.69, 9.17) is 4.74 Å². The number of aryl methyl sites for hydroxylation is 2. The van der Waals surface area contributed by atoms with Gasteiger partial charge in [0.1, 0.15) is 23.9 Å². The number of carbonyl (C=O) groups is 1. The van der Waals surface area contributed by atoms with Crippen LogP contribution in [0.5, 0.6) is 5.75 Å². The first kappa shape index (κ1) is 16.1. The Morgan fingerprint density at radius 2 is 2.00 bits per heavy atom. The molecule has 1 N–H and O–H groups in total. The van der Waals surface area contributed by atoms with Gasteiger partial charge in [0.05, 0.1) is 17.4 Å². The van der Waals surface area contributed by atoms with Crippen LogP contribution in [-0.2, 0) is 6.61 Å². The van der Waals surface area contributed by atoms with Crippen LogP contribution in [0.2, 0.25) is 0 Å². The Balaban J connectivity index is 1.68. The van der Waals surface area contributed by atoms with Crippen molar-refractivity contribution in [3.8, 4) is 5.75 Å². The van der Waals surface area contributed by atoms with Gasteiger partial charge in [-0.05, 0) is 44.2 Å². The molecule has 0 saturated heterocycles. The maximum Gasteiger partial charge on any atom is 0.256 e. The van der Waals surface area contributed by atoms with Gasteiger partial charge in [0.25, 0.3) is 5.91 Å². The van der Waals surface area contributed by atoms with Gasteiger partial charge in [0, 0.05) is 11.3 Å². The van der Waals surface area contributed by atoms with Crippen LogP contribution in [0.4, 0.5) is 5.82 Å². The van der Waals surface area contributed by atoms with Crippen molar-refractivity contribution in [3.05, 3.63) is 65.1 Å². The molecule has 24 heavy (non-hydrogen) atoms. The van der Waals surface area contributed by atoms with Gasteiger partial charge in [-0.25, -0.2) is 4.98 Å². The number of rotatable bonds is 5. The molecule has 0 atom stereocenters. The summed E-state index contributed by atoms with van der Waals surface area (Å²) in [7, 11) is 0. The number of benzene rings is 1. The summed E-state index contributed by atoms with van der Waals surface area (Å²) in [6, 6.07) is 12.5. The number of hydrogen-bond acceptors (Lipinski definition) is 6. The summed E-state index contributed by atoms with van der Waals surface area (Å²) >= 11 is 1.16. The van der Waals surface area contributed by atoms with Crippen LogP contribution in [0.15, 0.2) is 42.5 Å². The molecule has 0 unspecified atom stereocenters. The number of ether oxygens (including phenoxy) is 1. The smallest absolute Gasteiger partial charge is 0.256 e. The Kier molecular flexibility index (Phi) is 4.81. The van der Waals surface area contributed by atoms with Gasteiger partial charge >= 0.3 is 0 Å². The fourth-order valence-corrected chi connectivity index (χ4v) is 2.61. The lowest BCUT2D eigenvalue weighted by molar-refractivity contribution is 0.102. The quantitative estimate of drug-likeness (QED) is 0.770. The zero-order valence-corrected chi connectivity index (χ0v) is 14.1. The van der Waals surface area contributed by atoms with E-state index in [9.17, 15) is 4.79 Å². The molecule has 3 rings (SSSR count). The van der Waals surface area contributed by atoms with Crippen molar-refractivity contribution in [2.45, 2.75) is 20.5 Å². The van der Waals surface area contributed by atoms with E-state index < -0.39 is 0 Å². The third kappa shape index (κ3) is 3.94. The Hall–Kier alpha value is -2.80. The molecule has 7 heteroatoms. The van der Waals surface area contributed by atoms with E-state index in [1.165, 1.54) is 0 Å². The van der Waals surface area contributed by atoms with E-state index in [2.05, 4.69) is 19.0 Å². The number of hydrogen-bond donors (Lipinski definition) is 1. The van der Waals surface area contributed by atoms with Crippen LogP contribution in [0.3, 0.4) is 0 Å². The largest absolute Gasteiger partial charge is 0.487 e. The van der Waals surface area contributed by atoms with Crippen LogP contribution in [0, 0.1) is 13.8 Å². The van der Waals surface area contributed by atoms with Crippen molar-refractivity contribution < 1.29 is 9.53 Å². The highest BCUT2D eigenvalue weighted by atomic mass is 32.1. The first-order valence-electron chi connectivity index (χ1n) is 7.38. The average Bonchev–Trinajstić information content (AvgIpc) is 2.98. The second kappa shape index (κ2) is 7.18. The molecule has 1 amide bonds. The highest BCUT2D eigenvalue weighted by Gasteiger charge is 2.09. The molecule has 122 valence electrons. The summed E-state index contributed by atoms with van der Waals surface area (Å²) in [6.07, 6.45) is 0. The Labute approximate surface area is 143 Å². The fraction of sp³-hybridized carbons (Fsp3) is 0.176. The number of pyridine rings is 1. The van der Waals surface area contributed by atoms with Gasteiger partial charge in [0.15, 0.2) is 0 Å². The van der Waals surface area contributed by atoms with Crippen molar-refractivity contribution >= 4 is 23.5 Å². The summed E-state index contributed by atoms with van der Waals surface area (Å²) in [5.41, 5.74) is 3.01. The molecular formula is C17H16N4O2S. The lowest BCUT2D eigenvalue weighted by atomic mass is 10.2. The molecule has 0 bridgehead atoms. The van der Waals surface area contributed by atoms with Crippen molar-refractivity contribution in [1.29, 1.82) is 0 Å². The van der Waals surface area contributed by atoms with Crippen LogP contribution in [0.1, 0.15) is 27.4 Å². The van der Waals surface area contributed by atoms with E-state index in [0.717, 1.165) is 28.8 Å². The van der Waals surface area contributed by atoms with Crippen molar-refractivity contribution in [3.63, 3.8) is 0 Å². The monoisotopic (exact) mass is 340 g/mol. The molecule has 1 aromatic carbocycles. The molecule has 3 aromatic rings. The SMILES string of the molecule is Cc1cccc(NC(=O)c2cccc(OCc3nsnc3C)c2)n1. The first-order valence-corrected chi connectivity index (χ1v) is 8.11. The maximum absolute atomic E-state index is 12.3. The lowest BCUT2D eigenvalue weighted by Gasteiger charge is -2.08. The van der Waals surface area contributed by atoms with Gasteiger partial charge in [-0.2, -0.15) is 8.75 Å². The van der Waals surface area contributed by atoms with E-state index in [0.29, 0.717) is 23.7 Å². The fourth-order valence-electron chi connectivity index (χ4n) is 2.06. The molecule has 0 aliphatic heterocycles. The van der Waals surface area contributed by atoms with E-state index in [-0.39, 0.29) is 5.91 Å². The Morgan fingerprint density at radius 3 is 2.75 bits per heavy atom. The van der Waals surface area contributed by atoms with E-state index in [1.54, 1.807) is 30.3 Å².